The van der Waals surface area contributed by atoms with Crippen molar-refractivity contribution in [3.8, 4) is 22.8 Å². The van der Waals surface area contributed by atoms with Crippen LogP contribution in [0.4, 0.5) is 11.4 Å². The molecule has 7 aromatic rings. The van der Waals surface area contributed by atoms with Gasteiger partial charge in [-0.3, -0.25) is 9.59 Å². The van der Waals surface area contributed by atoms with Crippen LogP contribution in [-0.2, 0) is 22.4 Å². The summed E-state index contributed by atoms with van der Waals surface area (Å²) in [7, 11) is 0. The Morgan fingerprint density at radius 1 is 0.523 bits per heavy atom. The zero-order valence-electron chi connectivity index (χ0n) is 23.7. The van der Waals surface area contributed by atoms with Crippen LogP contribution in [0.5, 0.6) is 0 Å². The minimum Gasteiger partial charge on any atom is -0.338 e. The predicted octanol–water partition coefficient (Wildman–Crippen LogP) is 7.14. The van der Waals surface area contributed by atoms with Crippen molar-refractivity contribution in [1.29, 1.82) is 0 Å². The maximum absolute atomic E-state index is 12.5. The maximum atomic E-state index is 12.5. The molecule has 5 aromatic carbocycles. The highest BCUT2D eigenvalue weighted by atomic mass is 16.2. The Labute approximate surface area is 253 Å². The Kier molecular flexibility index (Phi) is 7.14. The molecule has 0 fully saturated rings. The average Bonchev–Trinajstić information content (AvgIpc) is 3.66. The number of aromatic amines is 2. The fourth-order valence-corrected chi connectivity index (χ4v) is 5.21. The van der Waals surface area contributed by atoms with Crippen LogP contribution in [0, 0.1) is 0 Å². The number of anilines is 2. The van der Waals surface area contributed by atoms with E-state index in [9.17, 15) is 9.59 Å². The number of benzene rings is 5. The van der Waals surface area contributed by atoms with Crippen LogP contribution in [0.2, 0.25) is 0 Å². The molecule has 214 valence electrons. The number of rotatable bonds is 8. The molecule has 2 aromatic heterocycles. The SMILES string of the molecule is O=C(Cc1ccccc1)Nc1ccc2nc(-c3ccc(-c4nc5ccc(NC(=O)Cc6ccccc6)cc5[nH]4)cc3)[nH]c2c1. The predicted molar refractivity (Wildman–Crippen MR) is 174 cm³/mol. The van der Waals surface area contributed by atoms with Gasteiger partial charge >= 0.3 is 0 Å². The summed E-state index contributed by atoms with van der Waals surface area (Å²) in [5, 5.41) is 5.95. The molecular formula is C36H28N6O2. The largest absolute Gasteiger partial charge is 0.338 e. The number of nitrogens with zero attached hydrogens (tertiary/aromatic N) is 2. The van der Waals surface area contributed by atoms with Crippen molar-refractivity contribution in [2.45, 2.75) is 12.8 Å². The molecule has 8 nitrogen and oxygen atoms in total. The minimum atomic E-state index is -0.0690. The lowest BCUT2D eigenvalue weighted by Gasteiger charge is -2.05. The normalized spacial score (nSPS) is 11.1. The molecule has 2 heterocycles. The van der Waals surface area contributed by atoms with E-state index < -0.39 is 0 Å². The van der Waals surface area contributed by atoms with Gasteiger partial charge in [-0.05, 0) is 47.5 Å². The second-order valence-corrected chi connectivity index (χ2v) is 10.6. The van der Waals surface area contributed by atoms with Crippen LogP contribution in [0.15, 0.2) is 121 Å². The first-order valence-electron chi connectivity index (χ1n) is 14.3. The molecule has 0 spiro atoms. The second kappa shape index (κ2) is 11.7. The van der Waals surface area contributed by atoms with Gasteiger partial charge < -0.3 is 20.6 Å². The molecule has 7 rings (SSSR count). The van der Waals surface area contributed by atoms with Crippen LogP contribution in [0.25, 0.3) is 44.8 Å². The van der Waals surface area contributed by atoms with E-state index in [4.69, 9.17) is 9.97 Å². The molecule has 4 N–H and O–H groups in total. The highest BCUT2D eigenvalue weighted by molar-refractivity contribution is 5.95. The lowest BCUT2D eigenvalue weighted by atomic mass is 10.1. The van der Waals surface area contributed by atoms with Crippen molar-refractivity contribution >= 4 is 45.3 Å². The first-order valence-corrected chi connectivity index (χ1v) is 14.3. The topological polar surface area (TPSA) is 116 Å². The number of H-pyrrole nitrogens is 2. The fourth-order valence-electron chi connectivity index (χ4n) is 5.21. The molecule has 8 heteroatoms. The number of fused-ring (bicyclic) bond motifs is 2. The van der Waals surface area contributed by atoms with Gasteiger partial charge in [0.2, 0.25) is 11.8 Å². The molecule has 0 atom stereocenters. The Hall–Kier alpha value is -6.02. The summed E-state index contributed by atoms with van der Waals surface area (Å²) < 4.78 is 0. The standard InChI is InChI=1S/C36H28N6O2/c43-33(19-23-7-3-1-4-8-23)37-27-15-17-29-31(21-27)41-35(39-29)25-11-13-26(14-12-25)36-40-30-18-16-28(22-32(30)42-36)38-34(44)20-24-9-5-2-6-10-24/h1-18,21-22H,19-20H2,(H,37,43)(H,38,44)(H,39,41)(H,40,42). The van der Waals surface area contributed by atoms with E-state index in [2.05, 4.69) is 20.6 Å². The number of hydrogen-bond donors (Lipinski definition) is 4. The van der Waals surface area contributed by atoms with Crippen LogP contribution >= 0.6 is 0 Å². The summed E-state index contributed by atoms with van der Waals surface area (Å²) in [6, 6.07) is 38.6. The van der Waals surface area contributed by atoms with Gasteiger partial charge in [-0.1, -0.05) is 84.9 Å². The lowest BCUT2D eigenvalue weighted by Crippen LogP contribution is -2.14. The highest BCUT2D eigenvalue weighted by Gasteiger charge is 2.11. The second-order valence-electron chi connectivity index (χ2n) is 10.6. The van der Waals surface area contributed by atoms with Gasteiger partial charge in [0.05, 0.1) is 34.9 Å². The van der Waals surface area contributed by atoms with Gasteiger partial charge in [-0.25, -0.2) is 9.97 Å². The van der Waals surface area contributed by atoms with Crippen molar-refractivity contribution in [2.75, 3.05) is 10.6 Å². The van der Waals surface area contributed by atoms with Crippen molar-refractivity contribution in [1.82, 2.24) is 19.9 Å². The van der Waals surface area contributed by atoms with Crippen LogP contribution < -0.4 is 10.6 Å². The van der Waals surface area contributed by atoms with Crippen molar-refractivity contribution in [3.05, 3.63) is 132 Å². The summed E-state index contributed by atoms with van der Waals surface area (Å²) >= 11 is 0. The van der Waals surface area contributed by atoms with Gasteiger partial charge in [-0.2, -0.15) is 0 Å². The molecule has 0 aliphatic rings. The number of carbonyl (C=O) groups excluding carboxylic acids is 2. The third kappa shape index (κ3) is 5.96. The fraction of sp³-hybridized carbons (Fsp3) is 0.0556. The van der Waals surface area contributed by atoms with Crippen molar-refractivity contribution < 1.29 is 9.59 Å². The van der Waals surface area contributed by atoms with E-state index in [-0.39, 0.29) is 11.8 Å². The van der Waals surface area contributed by atoms with E-state index in [1.54, 1.807) is 0 Å². The number of aromatic nitrogens is 4. The van der Waals surface area contributed by atoms with E-state index in [1.807, 2.05) is 121 Å². The first-order chi connectivity index (χ1) is 21.6. The smallest absolute Gasteiger partial charge is 0.228 e. The molecule has 0 unspecified atom stereocenters. The summed E-state index contributed by atoms with van der Waals surface area (Å²) in [5.41, 5.74) is 8.53. The van der Waals surface area contributed by atoms with E-state index in [0.717, 1.165) is 56.0 Å². The average molecular weight is 577 g/mol. The Balaban J connectivity index is 1.03. The number of nitrogens with one attached hydrogen (secondary N) is 4. The maximum Gasteiger partial charge on any atom is 0.228 e. The van der Waals surface area contributed by atoms with Crippen LogP contribution in [-0.4, -0.2) is 31.8 Å². The van der Waals surface area contributed by atoms with Crippen LogP contribution in [0.3, 0.4) is 0 Å². The van der Waals surface area contributed by atoms with Gasteiger partial charge in [0.25, 0.3) is 0 Å². The van der Waals surface area contributed by atoms with Crippen molar-refractivity contribution in [2.24, 2.45) is 0 Å². The van der Waals surface area contributed by atoms with Crippen LogP contribution in [0.1, 0.15) is 11.1 Å². The molecule has 0 aliphatic carbocycles. The monoisotopic (exact) mass is 576 g/mol. The van der Waals surface area contributed by atoms with Crippen molar-refractivity contribution in [3.63, 3.8) is 0 Å². The third-order valence-corrected chi connectivity index (χ3v) is 7.38. The highest BCUT2D eigenvalue weighted by Crippen LogP contribution is 2.27. The number of carbonyl (C=O) groups is 2. The first kappa shape index (κ1) is 26.9. The lowest BCUT2D eigenvalue weighted by molar-refractivity contribution is -0.116. The molecule has 2 amide bonds. The van der Waals surface area contributed by atoms with E-state index in [1.165, 1.54) is 0 Å². The minimum absolute atomic E-state index is 0.0690. The third-order valence-electron chi connectivity index (χ3n) is 7.38. The van der Waals surface area contributed by atoms with Gasteiger partial charge in [0.15, 0.2) is 0 Å². The summed E-state index contributed by atoms with van der Waals surface area (Å²) in [5.74, 6) is 1.33. The van der Waals surface area contributed by atoms with Gasteiger partial charge in [0, 0.05) is 22.5 Å². The van der Waals surface area contributed by atoms with E-state index in [0.29, 0.717) is 24.2 Å². The van der Waals surface area contributed by atoms with E-state index >= 15 is 0 Å². The Bertz CT molecular complexity index is 1950. The molecule has 0 bridgehead atoms. The molecule has 0 aliphatic heterocycles. The van der Waals surface area contributed by atoms with Gasteiger partial charge in [0.1, 0.15) is 11.6 Å². The molecule has 0 saturated heterocycles. The zero-order chi connectivity index (χ0) is 29.9. The molecule has 44 heavy (non-hydrogen) atoms. The molecule has 0 saturated carbocycles. The Morgan fingerprint density at radius 3 is 1.34 bits per heavy atom. The Morgan fingerprint density at radius 2 is 0.932 bits per heavy atom. The summed E-state index contributed by atoms with van der Waals surface area (Å²) in [6.45, 7) is 0. The number of amides is 2. The molecular weight excluding hydrogens is 548 g/mol. The number of imidazole rings is 2. The zero-order valence-corrected chi connectivity index (χ0v) is 23.7. The quantitative estimate of drug-likeness (QED) is 0.154. The molecule has 0 radical (unpaired) electrons. The summed E-state index contributed by atoms with van der Waals surface area (Å²) in [4.78, 5) is 41.2. The van der Waals surface area contributed by atoms with Gasteiger partial charge in [-0.15, -0.1) is 0 Å². The summed E-state index contributed by atoms with van der Waals surface area (Å²) in [6.07, 6.45) is 0.633. The number of hydrogen-bond acceptors (Lipinski definition) is 4.